The Kier molecular flexibility index (Phi) is 7.01. The molecule has 0 N–H and O–H groups in total. The van der Waals surface area contributed by atoms with Gasteiger partial charge in [-0.25, -0.2) is 0 Å². The number of hydrogen-bond donors (Lipinski definition) is 0. The van der Waals surface area contributed by atoms with Crippen molar-refractivity contribution in [3.05, 3.63) is 64.7 Å². The Morgan fingerprint density at radius 1 is 0.656 bits per heavy atom. The number of halogens is 1. The summed E-state index contributed by atoms with van der Waals surface area (Å²) < 4.78 is 17.7. The van der Waals surface area contributed by atoms with Gasteiger partial charge in [0, 0.05) is 10.6 Å². The molecule has 0 aliphatic rings. The molecule has 0 fully saturated rings. The van der Waals surface area contributed by atoms with E-state index in [9.17, 15) is 0 Å². The molecule has 2 aromatic rings. The molecule has 2 rings (SSSR count). The second-order valence-corrected chi connectivity index (χ2v) is 16.8. The van der Waals surface area contributed by atoms with Gasteiger partial charge < -0.3 is 0 Å². The molecule has 2 heteroatoms. The Hall–Kier alpha value is -1.85. The van der Waals surface area contributed by atoms with E-state index in [1.165, 1.54) is 5.56 Å². The number of rotatable bonds is 1. The second kappa shape index (κ2) is 8.49. The van der Waals surface area contributed by atoms with Crippen LogP contribution in [0.3, 0.4) is 0 Å². The Balaban J connectivity index is 3.06. The zero-order valence-corrected chi connectivity index (χ0v) is 23.4. The van der Waals surface area contributed by atoms with Crippen LogP contribution >= 0.6 is 0 Å². The zero-order valence-electron chi connectivity index (χ0n) is 22.4. The maximum Gasteiger partial charge on any atom is 0.359 e. The van der Waals surface area contributed by atoms with Crippen LogP contribution in [0.2, 0.25) is 5.04 Å². The second-order valence-electron chi connectivity index (χ2n) is 13.2. The molecule has 0 amide bonds. The molecule has 0 saturated carbocycles. The first kappa shape index (κ1) is 26.4. The zero-order chi connectivity index (χ0) is 24.8. The molecular formula is C30H43FSi. The summed E-state index contributed by atoms with van der Waals surface area (Å²) in [7, 11) is -3.76. The monoisotopic (exact) mass is 450 g/mol. The van der Waals surface area contributed by atoms with Crippen molar-refractivity contribution in [1.82, 2.24) is 0 Å². The normalized spacial score (nSPS) is 15.0. The van der Waals surface area contributed by atoms with Gasteiger partial charge in [-0.3, -0.25) is 4.11 Å². The van der Waals surface area contributed by atoms with E-state index < -0.39 is 13.4 Å². The summed E-state index contributed by atoms with van der Waals surface area (Å²) in [6.07, 6.45) is 0. The third-order valence-corrected chi connectivity index (χ3v) is 9.92. The molecule has 0 heterocycles. The fourth-order valence-corrected chi connectivity index (χ4v) is 7.14. The van der Waals surface area contributed by atoms with Crippen LogP contribution in [0.1, 0.15) is 105 Å². The van der Waals surface area contributed by atoms with Crippen molar-refractivity contribution in [3.8, 4) is 11.5 Å². The lowest BCUT2D eigenvalue weighted by Crippen LogP contribution is -2.56. The SMILES string of the molecule is CC(C)(C)c1cc(C(C)(C)C)c([Si](F)(C#Cc2ccccc2)C(C)(C)C)c(C(C)(C)C)c1. The Morgan fingerprint density at radius 2 is 1.09 bits per heavy atom. The lowest BCUT2D eigenvalue weighted by molar-refractivity contribution is 0.548. The average molecular weight is 451 g/mol. The van der Waals surface area contributed by atoms with Gasteiger partial charge >= 0.3 is 8.41 Å². The first-order valence-electron chi connectivity index (χ1n) is 11.8. The van der Waals surface area contributed by atoms with Crippen LogP contribution in [0, 0.1) is 11.5 Å². The first-order chi connectivity index (χ1) is 14.3. The molecule has 0 nitrogen and oxygen atoms in total. The van der Waals surface area contributed by atoms with Gasteiger partial charge in [0.25, 0.3) is 0 Å². The lowest BCUT2D eigenvalue weighted by Gasteiger charge is -2.40. The molecule has 0 aromatic heterocycles. The van der Waals surface area contributed by atoms with E-state index in [0.717, 1.165) is 21.9 Å². The van der Waals surface area contributed by atoms with Crippen molar-refractivity contribution < 1.29 is 4.11 Å². The van der Waals surface area contributed by atoms with E-state index >= 15 is 4.11 Å². The van der Waals surface area contributed by atoms with Crippen molar-refractivity contribution in [1.29, 1.82) is 0 Å². The molecule has 1 unspecified atom stereocenters. The van der Waals surface area contributed by atoms with Crippen LogP contribution in [-0.4, -0.2) is 8.41 Å². The highest BCUT2D eigenvalue weighted by molar-refractivity contribution is 6.95. The van der Waals surface area contributed by atoms with Gasteiger partial charge in [0.2, 0.25) is 0 Å². The Bertz CT molecular complexity index is 974. The van der Waals surface area contributed by atoms with Gasteiger partial charge in [-0.15, -0.1) is 0 Å². The fraction of sp³-hybridized carbons (Fsp3) is 0.533. The fourth-order valence-electron chi connectivity index (χ4n) is 3.93. The van der Waals surface area contributed by atoms with E-state index in [-0.39, 0.29) is 16.2 Å². The molecule has 1 atom stereocenters. The Morgan fingerprint density at radius 3 is 1.44 bits per heavy atom. The smallest absolute Gasteiger partial charge is 0.291 e. The van der Waals surface area contributed by atoms with Crippen molar-refractivity contribution in [3.63, 3.8) is 0 Å². The third kappa shape index (κ3) is 5.55. The maximum atomic E-state index is 17.7. The quantitative estimate of drug-likeness (QED) is 0.234. The van der Waals surface area contributed by atoms with Gasteiger partial charge in [0.1, 0.15) is 0 Å². The molecule has 2 aromatic carbocycles. The average Bonchev–Trinajstić information content (AvgIpc) is 2.62. The standard InChI is InChI=1S/C30H43FSi/c1-27(2,3)23-20-24(28(4,5)6)26(25(21-23)29(7,8)9)32(31,30(10,11)12)19-18-22-16-14-13-15-17-22/h13-17,20-21H,1-12H3. The predicted octanol–water partition coefficient (Wildman–Crippen LogP) is 8.09. The Labute approximate surface area is 198 Å². The molecule has 0 saturated heterocycles. The highest BCUT2D eigenvalue weighted by Crippen LogP contribution is 2.42. The molecular weight excluding hydrogens is 407 g/mol. The van der Waals surface area contributed by atoms with E-state index in [1.807, 2.05) is 51.1 Å². The van der Waals surface area contributed by atoms with Gasteiger partial charge in [-0.2, -0.15) is 0 Å². The van der Waals surface area contributed by atoms with Crippen LogP contribution in [-0.2, 0) is 16.2 Å². The highest BCUT2D eigenvalue weighted by atomic mass is 28.4. The van der Waals surface area contributed by atoms with Crippen LogP contribution < -0.4 is 5.19 Å². The summed E-state index contributed by atoms with van der Waals surface area (Å²) in [6.45, 7) is 26.0. The maximum absolute atomic E-state index is 17.7. The van der Waals surface area contributed by atoms with Crippen LogP contribution in [0.15, 0.2) is 42.5 Å². The van der Waals surface area contributed by atoms with Gasteiger partial charge in [-0.05, 0) is 50.3 Å². The van der Waals surface area contributed by atoms with Gasteiger partial charge in [-0.1, -0.05) is 125 Å². The summed E-state index contributed by atoms with van der Waals surface area (Å²) >= 11 is 0. The largest absolute Gasteiger partial charge is 0.359 e. The van der Waals surface area contributed by atoms with Crippen LogP contribution in [0.5, 0.6) is 0 Å². The molecule has 174 valence electrons. The summed E-state index contributed by atoms with van der Waals surface area (Å²) in [6, 6.07) is 14.3. The summed E-state index contributed by atoms with van der Waals surface area (Å²) in [4.78, 5) is 0. The number of benzene rings is 2. The molecule has 32 heavy (non-hydrogen) atoms. The van der Waals surface area contributed by atoms with Gasteiger partial charge in [0.05, 0.1) is 0 Å². The molecule has 0 spiro atoms. The van der Waals surface area contributed by atoms with Gasteiger partial charge in [0.15, 0.2) is 0 Å². The van der Waals surface area contributed by atoms with Crippen LogP contribution in [0.25, 0.3) is 0 Å². The van der Waals surface area contributed by atoms with E-state index in [2.05, 4.69) is 85.9 Å². The van der Waals surface area contributed by atoms with E-state index in [0.29, 0.717) is 0 Å². The van der Waals surface area contributed by atoms with E-state index in [4.69, 9.17) is 0 Å². The van der Waals surface area contributed by atoms with Crippen molar-refractivity contribution in [2.75, 3.05) is 0 Å². The molecule has 0 aliphatic carbocycles. The molecule has 0 bridgehead atoms. The summed E-state index contributed by atoms with van der Waals surface area (Å²) in [5, 5.41) is 0.319. The van der Waals surface area contributed by atoms with Crippen molar-refractivity contribution in [2.45, 2.75) is 104 Å². The number of hydrogen-bond acceptors (Lipinski definition) is 0. The van der Waals surface area contributed by atoms with Crippen molar-refractivity contribution >= 4 is 13.6 Å². The minimum Gasteiger partial charge on any atom is -0.291 e. The summed E-state index contributed by atoms with van der Waals surface area (Å²) in [5.74, 6) is 3.23. The minimum absolute atomic E-state index is 0.0174. The lowest BCUT2D eigenvalue weighted by atomic mass is 9.75. The highest BCUT2D eigenvalue weighted by Gasteiger charge is 2.52. The third-order valence-electron chi connectivity index (χ3n) is 6.15. The van der Waals surface area contributed by atoms with Crippen LogP contribution in [0.4, 0.5) is 4.11 Å². The first-order valence-corrected chi connectivity index (χ1v) is 13.6. The predicted molar refractivity (Wildman–Crippen MR) is 142 cm³/mol. The minimum atomic E-state index is -3.76. The summed E-state index contributed by atoms with van der Waals surface area (Å²) in [5.41, 5.74) is 7.22. The van der Waals surface area contributed by atoms with Crippen molar-refractivity contribution in [2.24, 2.45) is 0 Å². The molecule has 0 radical (unpaired) electrons. The molecule has 0 aliphatic heterocycles. The van der Waals surface area contributed by atoms with E-state index in [1.54, 1.807) is 0 Å². The topological polar surface area (TPSA) is 0 Å².